The number of rotatable bonds is 26. The molecule has 0 atom stereocenters. The van der Waals surface area contributed by atoms with Crippen LogP contribution in [0.2, 0.25) is 0 Å². The van der Waals surface area contributed by atoms with Crippen LogP contribution in [0.4, 0.5) is 0 Å². The van der Waals surface area contributed by atoms with E-state index in [0.29, 0.717) is 25.5 Å². The third-order valence-corrected chi connectivity index (χ3v) is 27.8. The standard InChI is InChI=1S/C60H70Cl2O2P2/c1-3-5-7-9-11-31-45-63-59-47-52(50-66(62,56-39-25-16-26-40-56,57-41-27-17-28-42-57)58-43-29-18-30-44-58)60(64-46-32-12-10-8-6-4-2)48-51(59)49-65(61,53-33-19-13-20-34-53,54-35-21-14-22-36-54)55-37-23-15-24-38-55/h13-30,33-44,47-48H,3-12,31-32,45-46,49-50H2,1-2H3. The maximum absolute atomic E-state index is 8.88. The molecule has 0 amide bonds. The number of benzene rings is 7. The van der Waals surface area contributed by atoms with E-state index in [1.165, 1.54) is 51.4 Å². The Balaban J connectivity index is 1.47. The number of ether oxygens (including phenoxy) is 2. The van der Waals surface area contributed by atoms with Crippen molar-refractivity contribution in [2.75, 3.05) is 13.2 Å². The van der Waals surface area contributed by atoms with E-state index in [1.54, 1.807) is 0 Å². The van der Waals surface area contributed by atoms with Gasteiger partial charge in [0.05, 0.1) is 0 Å². The van der Waals surface area contributed by atoms with Gasteiger partial charge in [-0.3, -0.25) is 0 Å². The van der Waals surface area contributed by atoms with Crippen molar-refractivity contribution >= 4 is 66.2 Å². The zero-order valence-corrected chi connectivity index (χ0v) is 42.6. The molecule has 0 aliphatic carbocycles. The monoisotopic (exact) mass is 954 g/mol. The fraction of sp³-hybridized carbons (Fsp3) is 0.300. The molecular formula is C60H70Cl2O2P2. The first-order chi connectivity index (χ1) is 32.3. The second-order valence-corrected chi connectivity index (χ2v) is 30.9. The molecule has 0 aliphatic rings. The van der Waals surface area contributed by atoms with E-state index in [4.69, 9.17) is 32.0 Å². The molecule has 7 rings (SSSR count). The van der Waals surface area contributed by atoms with Crippen LogP contribution in [0.15, 0.2) is 194 Å². The van der Waals surface area contributed by atoms with Crippen LogP contribution < -0.4 is 41.3 Å². The number of hydrogen-bond donors (Lipinski definition) is 0. The number of unbranched alkanes of at least 4 members (excludes halogenated alkanes) is 10. The van der Waals surface area contributed by atoms with E-state index in [0.717, 1.165) is 80.1 Å². The van der Waals surface area contributed by atoms with Crippen LogP contribution in [0.1, 0.15) is 102 Å². The second-order valence-electron chi connectivity index (χ2n) is 18.0. The van der Waals surface area contributed by atoms with Gasteiger partial charge in [-0.15, -0.1) is 0 Å². The van der Waals surface area contributed by atoms with E-state index < -0.39 is 11.9 Å². The molecule has 0 radical (unpaired) electrons. The van der Waals surface area contributed by atoms with Crippen LogP contribution in [-0.4, -0.2) is 13.2 Å². The predicted octanol–water partition coefficient (Wildman–Crippen LogP) is 15.5. The van der Waals surface area contributed by atoms with Gasteiger partial charge in [-0.25, -0.2) is 0 Å². The van der Waals surface area contributed by atoms with Crippen LogP contribution in [0, 0.1) is 0 Å². The second kappa shape index (κ2) is 23.5. The molecule has 6 heteroatoms. The molecule has 0 spiro atoms. The third kappa shape index (κ3) is 10.8. The Kier molecular flexibility index (Phi) is 17.6. The van der Waals surface area contributed by atoms with Gasteiger partial charge in [0.25, 0.3) is 0 Å². The molecule has 346 valence electrons. The van der Waals surface area contributed by atoms with Crippen molar-refractivity contribution in [3.63, 3.8) is 0 Å². The predicted molar refractivity (Wildman–Crippen MR) is 294 cm³/mol. The molecule has 0 aliphatic heterocycles. The van der Waals surface area contributed by atoms with E-state index in [9.17, 15) is 0 Å². The molecule has 7 aromatic rings. The molecule has 0 heterocycles. The van der Waals surface area contributed by atoms with Gasteiger partial charge >= 0.3 is 409 Å². The molecule has 7 aromatic carbocycles. The summed E-state index contributed by atoms with van der Waals surface area (Å²) in [4.78, 5) is 0. The van der Waals surface area contributed by atoms with Gasteiger partial charge in [0.1, 0.15) is 0 Å². The summed E-state index contributed by atoms with van der Waals surface area (Å²) in [7, 11) is 0. The molecule has 2 nitrogen and oxygen atoms in total. The first-order valence-corrected chi connectivity index (χ1v) is 31.2. The van der Waals surface area contributed by atoms with Crippen LogP contribution in [-0.2, 0) is 12.3 Å². The first-order valence-electron chi connectivity index (χ1n) is 24.5. The van der Waals surface area contributed by atoms with Gasteiger partial charge in [-0.05, 0) is 0 Å². The Morgan fingerprint density at radius 2 is 0.545 bits per heavy atom. The fourth-order valence-corrected chi connectivity index (χ4v) is 22.0. The summed E-state index contributed by atoms with van der Waals surface area (Å²) in [6.07, 6.45) is 15.2. The topological polar surface area (TPSA) is 18.5 Å². The van der Waals surface area contributed by atoms with E-state index >= 15 is 0 Å². The summed E-state index contributed by atoms with van der Waals surface area (Å²) in [5.41, 5.74) is 2.09. The van der Waals surface area contributed by atoms with Gasteiger partial charge in [-0.1, -0.05) is 0 Å². The van der Waals surface area contributed by atoms with Gasteiger partial charge in [-0.2, -0.15) is 0 Å². The van der Waals surface area contributed by atoms with Crippen LogP contribution in [0.25, 0.3) is 0 Å². The summed E-state index contributed by atoms with van der Waals surface area (Å²) in [5.74, 6) is -5.91. The van der Waals surface area contributed by atoms with Crippen LogP contribution >= 0.6 is 34.4 Å². The Morgan fingerprint density at radius 3 is 0.788 bits per heavy atom. The van der Waals surface area contributed by atoms with Crippen molar-refractivity contribution in [1.82, 2.24) is 0 Å². The van der Waals surface area contributed by atoms with Crippen molar-refractivity contribution in [3.05, 3.63) is 205 Å². The molecule has 0 saturated heterocycles. The molecule has 0 aromatic heterocycles. The molecule has 66 heavy (non-hydrogen) atoms. The zero-order chi connectivity index (χ0) is 46.0. The first kappa shape index (κ1) is 49.5. The zero-order valence-electron chi connectivity index (χ0n) is 39.3. The van der Waals surface area contributed by atoms with Gasteiger partial charge < -0.3 is 0 Å². The van der Waals surface area contributed by atoms with Gasteiger partial charge in [0.15, 0.2) is 0 Å². The van der Waals surface area contributed by atoms with Gasteiger partial charge in [0.2, 0.25) is 0 Å². The maximum atomic E-state index is 8.88. The summed E-state index contributed by atoms with van der Waals surface area (Å²) in [5, 5.41) is 6.70. The molecule has 0 fully saturated rings. The third-order valence-electron chi connectivity index (χ3n) is 13.5. The van der Waals surface area contributed by atoms with Crippen molar-refractivity contribution in [2.24, 2.45) is 0 Å². The minimum absolute atomic E-state index is 0.533. The molecular weight excluding hydrogens is 886 g/mol. The average Bonchev–Trinajstić information content (AvgIpc) is 3.38. The van der Waals surface area contributed by atoms with Crippen molar-refractivity contribution < 1.29 is 9.47 Å². The summed E-state index contributed by atoms with van der Waals surface area (Å²) < 4.78 is 14.3. The van der Waals surface area contributed by atoms with E-state index in [1.807, 2.05) is 0 Å². The Labute approximate surface area is 406 Å². The number of hydrogen-bond acceptors (Lipinski definition) is 2. The van der Waals surface area contributed by atoms with E-state index in [2.05, 4.69) is 208 Å². The molecule has 0 bridgehead atoms. The Hall–Kier alpha value is -4.42. The van der Waals surface area contributed by atoms with Crippen LogP contribution in [0.5, 0.6) is 11.5 Å². The van der Waals surface area contributed by atoms with Gasteiger partial charge in [0, 0.05) is 0 Å². The normalized spacial score (nSPS) is 13.0. The SMILES string of the molecule is CCCCCCCCOc1cc(CP(Cl)(c2ccccc2)(c2ccccc2)c2ccccc2)c(OCCCCCCCC)cc1CP(Cl)(c1ccccc1)(c1ccccc1)c1ccccc1. The summed E-state index contributed by atoms with van der Waals surface area (Å²) in [6.45, 7) is 5.76. The summed E-state index contributed by atoms with van der Waals surface area (Å²) >= 11 is 17.8. The fourth-order valence-electron chi connectivity index (χ4n) is 9.80. The average molecular weight is 956 g/mol. The summed E-state index contributed by atoms with van der Waals surface area (Å²) in [6, 6.07) is 69.3. The number of halogens is 2. The van der Waals surface area contributed by atoms with Crippen molar-refractivity contribution in [1.29, 1.82) is 0 Å². The van der Waals surface area contributed by atoms with Crippen molar-refractivity contribution in [3.8, 4) is 11.5 Å². The Morgan fingerprint density at radius 1 is 0.318 bits per heavy atom. The Bertz CT molecular complexity index is 2130. The molecule has 0 N–H and O–H groups in total. The van der Waals surface area contributed by atoms with Crippen molar-refractivity contribution in [2.45, 2.75) is 103 Å². The molecule has 0 unspecified atom stereocenters. The van der Waals surface area contributed by atoms with Crippen LogP contribution in [0.3, 0.4) is 0 Å². The minimum atomic E-state index is -3.80. The van der Waals surface area contributed by atoms with E-state index in [-0.39, 0.29) is 0 Å². The quantitative estimate of drug-likeness (QED) is 0.0398. The molecule has 0 saturated carbocycles.